The molecule has 0 aliphatic rings. The monoisotopic (exact) mass is 986 g/mol. The summed E-state index contributed by atoms with van der Waals surface area (Å²) in [6, 6.07) is 17.1. The first-order valence-corrected chi connectivity index (χ1v) is 22.6. The molecule has 0 aliphatic carbocycles. The lowest BCUT2D eigenvalue weighted by atomic mass is 10.0. The molecule has 4 rings (SSSR count). The van der Waals surface area contributed by atoms with Gasteiger partial charge in [0.25, 0.3) is 0 Å². The minimum atomic E-state index is -1.08. The van der Waals surface area contributed by atoms with Gasteiger partial charge in [-0.1, -0.05) is 48.3 Å². The van der Waals surface area contributed by atoms with Crippen LogP contribution in [-0.4, -0.2) is 131 Å². The molecule has 4 aromatic rings. The number of carbonyl (C=O) groups excluding carboxylic acids is 4. The van der Waals surface area contributed by atoms with Crippen molar-refractivity contribution in [3.05, 3.63) is 99.9 Å². The molecule has 0 bridgehead atoms. The average molecular weight is 988 g/mol. The maximum absolute atomic E-state index is 14.3. The Kier molecular flexibility index (Phi) is 22.6. The van der Waals surface area contributed by atoms with Gasteiger partial charge in [-0.15, -0.1) is 12.4 Å². The third-order valence-corrected chi connectivity index (χ3v) is 11.7. The number of halogens is 3. The molecule has 67 heavy (non-hydrogen) atoms. The first kappa shape index (κ1) is 56.1. The summed E-state index contributed by atoms with van der Waals surface area (Å²) in [6.07, 6.45) is 1.74. The van der Waals surface area contributed by atoms with Gasteiger partial charge in [0, 0.05) is 86.4 Å². The number of nitrogens with zero attached hydrogens (tertiary/aromatic N) is 5. The van der Waals surface area contributed by atoms with Crippen LogP contribution in [0, 0.1) is 5.92 Å². The molecule has 366 valence electrons. The van der Waals surface area contributed by atoms with Crippen LogP contribution in [0.4, 0.5) is 0 Å². The highest BCUT2D eigenvalue weighted by Gasteiger charge is 2.32. The van der Waals surface area contributed by atoms with Gasteiger partial charge in [-0.2, -0.15) is 0 Å². The van der Waals surface area contributed by atoms with Crippen LogP contribution in [0.5, 0.6) is 11.5 Å². The largest absolute Gasteiger partial charge is 0.481 e. The topological polar surface area (TPSA) is 188 Å². The number of hydrogen-bond donors (Lipinski definition) is 4. The van der Waals surface area contributed by atoms with Crippen LogP contribution in [0.2, 0.25) is 10.0 Å². The molecule has 0 radical (unpaired) electrons. The molecule has 5 unspecified atom stereocenters. The van der Waals surface area contributed by atoms with E-state index < -0.39 is 47.9 Å². The number of carboxylic acid groups (broad SMARTS) is 1. The summed E-state index contributed by atoms with van der Waals surface area (Å²) in [4.78, 5) is 74.9. The molecule has 19 heteroatoms. The molecule has 1 aromatic heterocycles. The number of hydrogen-bond acceptors (Lipinski definition) is 10. The lowest BCUT2D eigenvalue weighted by Gasteiger charge is -2.32. The zero-order valence-electron chi connectivity index (χ0n) is 39.7. The van der Waals surface area contributed by atoms with E-state index in [-0.39, 0.29) is 56.8 Å². The number of benzene rings is 3. The van der Waals surface area contributed by atoms with E-state index in [1.165, 1.54) is 9.80 Å². The van der Waals surface area contributed by atoms with Gasteiger partial charge in [-0.05, 0) is 95.4 Å². The van der Waals surface area contributed by atoms with Gasteiger partial charge < -0.3 is 49.8 Å². The molecule has 0 fully saturated rings. The second-order valence-electron chi connectivity index (χ2n) is 16.8. The first-order chi connectivity index (χ1) is 31.3. The zero-order valence-corrected chi connectivity index (χ0v) is 42.0. The number of amides is 4. The van der Waals surface area contributed by atoms with E-state index in [2.05, 4.69) is 30.4 Å². The Balaban J connectivity index is 0.0000119. The normalized spacial score (nSPS) is 13.4. The summed E-state index contributed by atoms with van der Waals surface area (Å²) >= 11 is 12.6. The molecular weight excluding hydrogens is 923 g/mol. The number of aliphatic carboxylic acids is 1. The molecule has 0 saturated heterocycles. The predicted octanol–water partition coefficient (Wildman–Crippen LogP) is 6.20. The molecule has 5 atom stereocenters. The van der Waals surface area contributed by atoms with Crippen molar-refractivity contribution in [2.45, 2.75) is 84.2 Å². The van der Waals surface area contributed by atoms with Gasteiger partial charge >= 0.3 is 5.97 Å². The summed E-state index contributed by atoms with van der Waals surface area (Å²) in [7, 11) is 9.14. The third kappa shape index (κ3) is 17.1. The summed E-state index contributed by atoms with van der Waals surface area (Å²) in [5.74, 6) is -1.39. The quantitative estimate of drug-likeness (QED) is 0.0592. The minimum absolute atomic E-state index is 0. The maximum atomic E-state index is 14.3. The first-order valence-electron chi connectivity index (χ1n) is 21.9. The Morgan fingerprint density at radius 2 is 1.52 bits per heavy atom. The average Bonchev–Trinajstić information content (AvgIpc) is 3.63. The SMILES string of the molecule is CCOCC(NC(=O)C(C)NCc1ccc(Cl)cc1Oc1ccc(-c2cnc(CN(C)C)n2C)cc1)C(=O)N(C)C(CC(=O)NCC(C)N(C)C(=O)C(C)CC(=O)O)Cc1ccc(Cl)cc1.Cl. The summed E-state index contributed by atoms with van der Waals surface area (Å²) in [5.41, 5.74) is 3.53. The molecule has 0 saturated carbocycles. The van der Waals surface area contributed by atoms with Crippen LogP contribution >= 0.6 is 35.6 Å². The van der Waals surface area contributed by atoms with E-state index in [9.17, 15) is 24.0 Å². The molecule has 4 amide bonds. The van der Waals surface area contributed by atoms with Gasteiger partial charge in [-0.3, -0.25) is 24.0 Å². The van der Waals surface area contributed by atoms with E-state index >= 15 is 0 Å². The van der Waals surface area contributed by atoms with Crippen molar-refractivity contribution < 1.29 is 38.6 Å². The van der Waals surface area contributed by atoms with Crippen molar-refractivity contribution in [3.63, 3.8) is 0 Å². The number of nitrogens with one attached hydrogen (secondary N) is 3. The van der Waals surface area contributed by atoms with Crippen molar-refractivity contribution in [2.75, 3.05) is 47.9 Å². The van der Waals surface area contributed by atoms with Crippen LogP contribution in [0.3, 0.4) is 0 Å². The van der Waals surface area contributed by atoms with Crippen molar-refractivity contribution in [3.8, 4) is 22.8 Å². The predicted molar refractivity (Wildman–Crippen MR) is 263 cm³/mol. The minimum Gasteiger partial charge on any atom is -0.481 e. The van der Waals surface area contributed by atoms with Gasteiger partial charge in [0.2, 0.25) is 23.6 Å². The lowest BCUT2D eigenvalue weighted by molar-refractivity contribution is -0.144. The van der Waals surface area contributed by atoms with Crippen LogP contribution in [0.1, 0.15) is 57.5 Å². The molecular formula is C48H65Cl3N8O8. The van der Waals surface area contributed by atoms with Crippen molar-refractivity contribution in [1.29, 1.82) is 0 Å². The van der Waals surface area contributed by atoms with E-state index in [0.717, 1.165) is 28.2 Å². The van der Waals surface area contributed by atoms with Gasteiger partial charge in [-0.25, -0.2) is 4.98 Å². The highest BCUT2D eigenvalue weighted by molar-refractivity contribution is 6.31. The van der Waals surface area contributed by atoms with E-state index in [1.54, 1.807) is 66.1 Å². The molecule has 4 N–H and O–H groups in total. The smallest absolute Gasteiger partial charge is 0.304 e. The Bertz CT molecular complexity index is 2260. The Hall–Kier alpha value is -5.23. The highest BCUT2D eigenvalue weighted by Crippen LogP contribution is 2.31. The van der Waals surface area contributed by atoms with Crippen molar-refractivity contribution in [1.82, 2.24) is 40.2 Å². The lowest BCUT2D eigenvalue weighted by Crippen LogP contribution is -2.56. The third-order valence-electron chi connectivity index (χ3n) is 11.3. The van der Waals surface area contributed by atoms with Gasteiger partial charge in [0.15, 0.2) is 0 Å². The molecule has 16 nitrogen and oxygen atoms in total. The van der Waals surface area contributed by atoms with Crippen LogP contribution in [-0.2, 0) is 55.3 Å². The number of imidazole rings is 1. The van der Waals surface area contributed by atoms with Crippen molar-refractivity contribution in [2.24, 2.45) is 13.0 Å². The maximum Gasteiger partial charge on any atom is 0.304 e. The number of carboxylic acids is 1. The van der Waals surface area contributed by atoms with Gasteiger partial charge in [0.05, 0.1) is 37.5 Å². The Morgan fingerprint density at radius 3 is 2.15 bits per heavy atom. The number of rotatable bonds is 25. The fraction of sp³-hybridized carbons (Fsp3) is 0.458. The standard InChI is InChI=1S/C48H64Cl2N8O8.ClH/c1-10-65-29-40(48(64)57(8)38(22-33-11-16-36(49)17-12-33)24-44(59)53-25-31(3)56(7)47(63)30(2)21-45(60)61)54-46(62)32(4)51-26-35-13-18-37(50)23-42(35)66-39-19-14-34(15-20-39)41-27-52-43(58(41)9)28-55(5)6;/h11-20,23,27,30-32,38,40,51H,10,21-22,24-26,28-29H2,1-9H3,(H,53,59)(H,54,62)(H,60,61);1H. The second-order valence-corrected chi connectivity index (χ2v) is 17.7. The summed E-state index contributed by atoms with van der Waals surface area (Å²) in [5, 5.41) is 19.1. The van der Waals surface area contributed by atoms with Crippen molar-refractivity contribution >= 4 is 65.2 Å². The van der Waals surface area contributed by atoms with E-state index in [0.29, 0.717) is 41.1 Å². The zero-order chi connectivity index (χ0) is 48.7. The van der Waals surface area contributed by atoms with Crippen LogP contribution in [0.15, 0.2) is 72.9 Å². The Labute approximate surface area is 410 Å². The highest BCUT2D eigenvalue weighted by atomic mass is 35.5. The van der Waals surface area contributed by atoms with Crippen LogP contribution in [0.25, 0.3) is 11.3 Å². The molecule has 3 aromatic carbocycles. The molecule has 0 aliphatic heterocycles. The summed E-state index contributed by atoms with van der Waals surface area (Å²) in [6.45, 7) is 7.99. The van der Waals surface area contributed by atoms with E-state index in [1.807, 2.05) is 69.8 Å². The Morgan fingerprint density at radius 1 is 0.866 bits per heavy atom. The van der Waals surface area contributed by atoms with Gasteiger partial charge in [0.1, 0.15) is 23.4 Å². The fourth-order valence-corrected chi connectivity index (χ4v) is 7.35. The van der Waals surface area contributed by atoms with Crippen LogP contribution < -0.4 is 20.7 Å². The number of likely N-dealkylation sites (N-methyl/N-ethyl adjacent to an activating group) is 2. The number of ether oxygens (including phenoxy) is 2. The molecule has 0 spiro atoms. The number of aromatic nitrogens is 2. The second kappa shape index (κ2) is 26.9. The fourth-order valence-electron chi connectivity index (χ4n) is 7.06. The summed E-state index contributed by atoms with van der Waals surface area (Å²) < 4.78 is 14.0. The number of carbonyl (C=O) groups is 5. The van der Waals surface area contributed by atoms with E-state index in [4.69, 9.17) is 37.8 Å². The molecule has 1 heterocycles.